The molecule has 24 heavy (non-hydrogen) atoms. The average molecular weight is 325 g/mol. The van der Waals surface area contributed by atoms with E-state index in [1.165, 1.54) is 5.56 Å². The Balaban J connectivity index is 1.58. The standard InChI is InChI=1S/C19H23N3O2/c1-2-21-13-17(11-18(21)23)19(24)22-8-6-15(7-9-22)16-5-3-4-14(10-16)12-20/h3-5,10,15,17H,2,6-9,11,13H2,1H3/t17-/m0/s1. The fourth-order valence-electron chi connectivity index (χ4n) is 3.80. The molecular formula is C19H23N3O2. The summed E-state index contributed by atoms with van der Waals surface area (Å²) in [5.41, 5.74) is 1.88. The highest BCUT2D eigenvalue weighted by Gasteiger charge is 2.36. The van der Waals surface area contributed by atoms with Crippen molar-refractivity contribution in [3.8, 4) is 6.07 Å². The molecule has 1 atom stereocenters. The van der Waals surface area contributed by atoms with E-state index in [-0.39, 0.29) is 17.7 Å². The number of carbonyl (C=O) groups excluding carboxylic acids is 2. The van der Waals surface area contributed by atoms with Crippen LogP contribution in [0, 0.1) is 17.2 Å². The van der Waals surface area contributed by atoms with E-state index in [1.807, 2.05) is 30.0 Å². The minimum Gasteiger partial charge on any atom is -0.342 e. The third-order valence-corrected chi connectivity index (χ3v) is 5.24. The average Bonchev–Trinajstić information content (AvgIpc) is 3.02. The van der Waals surface area contributed by atoms with Crippen LogP contribution in [0.1, 0.15) is 43.2 Å². The summed E-state index contributed by atoms with van der Waals surface area (Å²) in [6.45, 7) is 4.66. The van der Waals surface area contributed by atoms with E-state index in [0.29, 0.717) is 31.0 Å². The van der Waals surface area contributed by atoms with Crippen molar-refractivity contribution in [1.82, 2.24) is 9.80 Å². The number of hydrogen-bond donors (Lipinski definition) is 0. The summed E-state index contributed by atoms with van der Waals surface area (Å²) >= 11 is 0. The van der Waals surface area contributed by atoms with Gasteiger partial charge in [-0.2, -0.15) is 5.26 Å². The summed E-state index contributed by atoms with van der Waals surface area (Å²) < 4.78 is 0. The van der Waals surface area contributed by atoms with Gasteiger partial charge in [0.05, 0.1) is 17.6 Å². The molecular weight excluding hydrogens is 302 g/mol. The van der Waals surface area contributed by atoms with Gasteiger partial charge in [-0.05, 0) is 43.4 Å². The Kier molecular flexibility index (Phi) is 4.84. The predicted molar refractivity (Wildman–Crippen MR) is 90.1 cm³/mol. The van der Waals surface area contributed by atoms with Crippen LogP contribution in [0.5, 0.6) is 0 Å². The minimum atomic E-state index is -0.170. The Labute approximate surface area is 142 Å². The number of hydrogen-bond acceptors (Lipinski definition) is 3. The van der Waals surface area contributed by atoms with Crippen molar-refractivity contribution in [3.05, 3.63) is 35.4 Å². The van der Waals surface area contributed by atoms with E-state index in [0.717, 1.165) is 25.9 Å². The number of benzene rings is 1. The fourth-order valence-corrected chi connectivity index (χ4v) is 3.80. The van der Waals surface area contributed by atoms with Crippen molar-refractivity contribution in [2.75, 3.05) is 26.2 Å². The zero-order valence-electron chi connectivity index (χ0n) is 14.1. The highest BCUT2D eigenvalue weighted by Crippen LogP contribution is 2.30. The zero-order chi connectivity index (χ0) is 17.1. The molecule has 0 radical (unpaired) electrons. The van der Waals surface area contributed by atoms with Crippen LogP contribution in [0.15, 0.2) is 24.3 Å². The Morgan fingerprint density at radius 3 is 2.71 bits per heavy atom. The second-order valence-electron chi connectivity index (χ2n) is 6.67. The van der Waals surface area contributed by atoms with Crippen molar-refractivity contribution < 1.29 is 9.59 Å². The van der Waals surface area contributed by atoms with Crippen LogP contribution in [0.3, 0.4) is 0 Å². The molecule has 2 fully saturated rings. The number of piperidine rings is 1. The molecule has 0 aliphatic carbocycles. The topological polar surface area (TPSA) is 64.4 Å². The molecule has 5 heteroatoms. The first-order valence-electron chi connectivity index (χ1n) is 8.69. The first-order valence-corrected chi connectivity index (χ1v) is 8.69. The van der Waals surface area contributed by atoms with Gasteiger partial charge in [0, 0.05) is 32.6 Å². The first kappa shape index (κ1) is 16.5. The highest BCUT2D eigenvalue weighted by atomic mass is 16.2. The van der Waals surface area contributed by atoms with Crippen LogP contribution in [0.2, 0.25) is 0 Å². The molecule has 0 unspecified atom stereocenters. The SMILES string of the molecule is CCN1C[C@@H](C(=O)N2CCC(c3cccc(C#N)c3)CC2)CC1=O. The summed E-state index contributed by atoms with van der Waals surface area (Å²) in [6, 6.07) is 9.95. The van der Waals surface area contributed by atoms with Gasteiger partial charge in [0.15, 0.2) is 0 Å². The third kappa shape index (κ3) is 3.28. The van der Waals surface area contributed by atoms with Crippen molar-refractivity contribution in [2.24, 2.45) is 5.92 Å². The molecule has 0 N–H and O–H groups in total. The molecule has 0 aromatic heterocycles. The van der Waals surface area contributed by atoms with E-state index in [2.05, 4.69) is 12.1 Å². The van der Waals surface area contributed by atoms with Gasteiger partial charge in [-0.3, -0.25) is 9.59 Å². The van der Waals surface area contributed by atoms with Gasteiger partial charge in [0.1, 0.15) is 0 Å². The van der Waals surface area contributed by atoms with Crippen molar-refractivity contribution in [3.63, 3.8) is 0 Å². The summed E-state index contributed by atoms with van der Waals surface area (Å²) in [5, 5.41) is 9.03. The number of carbonyl (C=O) groups is 2. The number of rotatable bonds is 3. The lowest BCUT2D eigenvalue weighted by atomic mass is 9.88. The van der Waals surface area contributed by atoms with Crippen molar-refractivity contribution in [2.45, 2.75) is 32.1 Å². The fraction of sp³-hybridized carbons (Fsp3) is 0.526. The summed E-state index contributed by atoms with van der Waals surface area (Å²) in [6.07, 6.45) is 2.19. The van der Waals surface area contributed by atoms with Gasteiger partial charge in [0.25, 0.3) is 0 Å². The zero-order valence-corrected chi connectivity index (χ0v) is 14.1. The molecule has 2 aliphatic rings. The first-order chi connectivity index (χ1) is 11.6. The number of amides is 2. The Morgan fingerprint density at radius 1 is 1.33 bits per heavy atom. The van der Waals surface area contributed by atoms with E-state index < -0.39 is 0 Å². The van der Waals surface area contributed by atoms with Gasteiger partial charge in [-0.15, -0.1) is 0 Å². The molecule has 126 valence electrons. The molecule has 3 rings (SSSR count). The summed E-state index contributed by atoms with van der Waals surface area (Å²) in [4.78, 5) is 28.2. The predicted octanol–water partition coefficient (Wildman–Crippen LogP) is 2.13. The van der Waals surface area contributed by atoms with Crippen LogP contribution < -0.4 is 0 Å². The van der Waals surface area contributed by atoms with Crippen LogP contribution in [0.25, 0.3) is 0 Å². The van der Waals surface area contributed by atoms with Gasteiger partial charge >= 0.3 is 0 Å². The number of nitriles is 1. The summed E-state index contributed by atoms with van der Waals surface area (Å²) in [5.74, 6) is 0.457. The maximum atomic E-state index is 12.7. The largest absolute Gasteiger partial charge is 0.342 e. The lowest BCUT2D eigenvalue weighted by Crippen LogP contribution is -2.42. The molecule has 0 saturated carbocycles. The molecule has 1 aromatic carbocycles. The lowest BCUT2D eigenvalue weighted by Gasteiger charge is -2.33. The molecule has 2 saturated heterocycles. The molecule has 2 aliphatic heterocycles. The van der Waals surface area contributed by atoms with Gasteiger partial charge < -0.3 is 9.80 Å². The molecule has 5 nitrogen and oxygen atoms in total. The maximum Gasteiger partial charge on any atom is 0.227 e. The maximum absolute atomic E-state index is 12.7. The Bertz CT molecular complexity index is 671. The van der Waals surface area contributed by atoms with E-state index in [9.17, 15) is 9.59 Å². The lowest BCUT2D eigenvalue weighted by molar-refractivity contribution is -0.136. The molecule has 2 amide bonds. The van der Waals surface area contributed by atoms with Crippen LogP contribution in [-0.4, -0.2) is 47.8 Å². The Hall–Kier alpha value is -2.35. The van der Waals surface area contributed by atoms with Crippen LogP contribution in [-0.2, 0) is 9.59 Å². The molecule has 2 heterocycles. The molecule has 1 aromatic rings. The van der Waals surface area contributed by atoms with Crippen LogP contribution in [0.4, 0.5) is 0 Å². The van der Waals surface area contributed by atoms with Gasteiger partial charge in [-0.25, -0.2) is 0 Å². The van der Waals surface area contributed by atoms with E-state index in [4.69, 9.17) is 5.26 Å². The summed E-state index contributed by atoms with van der Waals surface area (Å²) in [7, 11) is 0. The monoisotopic (exact) mass is 325 g/mol. The quantitative estimate of drug-likeness (QED) is 0.855. The number of nitrogens with zero attached hydrogens (tertiary/aromatic N) is 3. The van der Waals surface area contributed by atoms with Crippen molar-refractivity contribution in [1.29, 1.82) is 5.26 Å². The van der Waals surface area contributed by atoms with Gasteiger partial charge in [0.2, 0.25) is 11.8 Å². The van der Waals surface area contributed by atoms with E-state index in [1.54, 1.807) is 4.90 Å². The second-order valence-corrected chi connectivity index (χ2v) is 6.67. The normalized spacial score (nSPS) is 21.8. The third-order valence-electron chi connectivity index (χ3n) is 5.24. The second kappa shape index (κ2) is 7.04. The van der Waals surface area contributed by atoms with Gasteiger partial charge in [-0.1, -0.05) is 12.1 Å². The Morgan fingerprint density at radius 2 is 2.08 bits per heavy atom. The van der Waals surface area contributed by atoms with E-state index >= 15 is 0 Å². The highest BCUT2D eigenvalue weighted by molar-refractivity contribution is 5.89. The smallest absolute Gasteiger partial charge is 0.227 e. The molecule has 0 bridgehead atoms. The minimum absolute atomic E-state index is 0.0963. The number of likely N-dealkylation sites (tertiary alicyclic amines) is 2. The van der Waals surface area contributed by atoms with Crippen LogP contribution >= 0.6 is 0 Å². The van der Waals surface area contributed by atoms with Crippen molar-refractivity contribution >= 4 is 11.8 Å². The molecule has 0 spiro atoms.